The van der Waals surface area contributed by atoms with Gasteiger partial charge in [0.05, 0.1) is 5.56 Å². The number of alkyl halides is 3. The van der Waals surface area contributed by atoms with Crippen molar-refractivity contribution in [2.45, 2.75) is 12.7 Å². The highest BCUT2D eigenvalue weighted by Gasteiger charge is 2.30. The molecule has 0 saturated carbocycles. The van der Waals surface area contributed by atoms with Crippen LogP contribution in [0.5, 0.6) is 0 Å². The number of amides is 2. The van der Waals surface area contributed by atoms with Crippen LogP contribution >= 0.6 is 0 Å². The summed E-state index contributed by atoms with van der Waals surface area (Å²) in [5.41, 5.74) is 0.325. The van der Waals surface area contributed by atoms with Crippen molar-refractivity contribution in [1.29, 1.82) is 0 Å². The number of rotatable bonds is 3. The quantitative estimate of drug-likeness (QED) is 0.897. The molecule has 3 nitrogen and oxygen atoms in total. The average molecular weight is 308 g/mol. The lowest BCUT2D eigenvalue weighted by Crippen LogP contribution is -2.30. The number of nitrogens with one attached hydrogen (secondary N) is 1. The van der Waals surface area contributed by atoms with Crippen LogP contribution in [0.2, 0.25) is 0 Å². The molecule has 6 heteroatoms. The molecule has 22 heavy (non-hydrogen) atoms. The van der Waals surface area contributed by atoms with Gasteiger partial charge in [-0.05, 0) is 29.8 Å². The Bertz CT molecular complexity index is 641. The van der Waals surface area contributed by atoms with E-state index in [1.807, 2.05) is 6.07 Å². The van der Waals surface area contributed by atoms with Crippen LogP contribution in [0.1, 0.15) is 11.1 Å². The number of hydrogen-bond donors (Lipinski definition) is 1. The van der Waals surface area contributed by atoms with Gasteiger partial charge < -0.3 is 10.2 Å². The van der Waals surface area contributed by atoms with Crippen molar-refractivity contribution < 1.29 is 18.0 Å². The Morgan fingerprint density at radius 2 is 1.77 bits per heavy atom. The summed E-state index contributed by atoms with van der Waals surface area (Å²) in [6.07, 6.45) is -4.39. The van der Waals surface area contributed by atoms with Gasteiger partial charge in [0.2, 0.25) is 0 Å². The third kappa shape index (κ3) is 4.25. The monoisotopic (exact) mass is 308 g/mol. The summed E-state index contributed by atoms with van der Waals surface area (Å²) in [5, 5.41) is 2.67. The molecule has 0 heterocycles. The number of para-hydroxylation sites is 1. The van der Waals surface area contributed by atoms with Crippen LogP contribution in [0.15, 0.2) is 54.6 Å². The number of anilines is 1. The normalized spacial score (nSPS) is 11.1. The molecule has 0 atom stereocenters. The van der Waals surface area contributed by atoms with Gasteiger partial charge in [-0.1, -0.05) is 30.3 Å². The second-order valence-corrected chi connectivity index (χ2v) is 4.85. The van der Waals surface area contributed by atoms with E-state index >= 15 is 0 Å². The molecule has 2 amide bonds. The van der Waals surface area contributed by atoms with Crippen LogP contribution < -0.4 is 5.32 Å². The van der Waals surface area contributed by atoms with Crippen LogP contribution in [-0.2, 0) is 12.7 Å². The molecule has 0 spiro atoms. The first kappa shape index (κ1) is 15.9. The van der Waals surface area contributed by atoms with E-state index in [-0.39, 0.29) is 12.6 Å². The Hall–Kier alpha value is -2.50. The van der Waals surface area contributed by atoms with Gasteiger partial charge >= 0.3 is 12.2 Å². The molecule has 0 aliphatic rings. The van der Waals surface area contributed by atoms with E-state index in [0.29, 0.717) is 11.3 Å². The zero-order valence-electron chi connectivity index (χ0n) is 11.9. The molecule has 0 aromatic heterocycles. The topological polar surface area (TPSA) is 32.3 Å². The van der Waals surface area contributed by atoms with E-state index in [1.165, 1.54) is 18.0 Å². The largest absolute Gasteiger partial charge is 0.416 e. The summed E-state index contributed by atoms with van der Waals surface area (Å²) in [7, 11) is 1.53. The molecule has 116 valence electrons. The summed E-state index contributed by atoms with van der Waals surface area (Å²) in [6, 6.07) is 13.4. The molecule has 0 saturated heterocycles. The van der Waals surface area contributed by atoms with Crippen molar-refractivity contribution in [1.82, 2.24) is 4.90 Å². The van der Waals surface area contributed by atoms with Crippen molar-refractivity contribution in [3.63, 3.8) is 0 Å². The number of urea groups is 1. The van der Waals surface area contributed by atoms with Gasteiger partial charge in [0.15, 0.2) is 0 Å². The Labute approximate surface area is 126 Å². The van der Waals surface area contributed by atoms with Crippen molar-refractivity contribution in [3.8, 4) is 0 Å². The van der Waals surface area contributed by atoms with Gasteiger partial charge in [-0.2, -0.15) is 13.2 Å². The standard InChI is InChI=1S/C16H15F3N2O/c1-21(15(22)20-14-8-3-2-4-9-14)11-12-6-5-7-13(10-12)16(17,18)19/h2-10H,11H2,1H3,(H,20,22). The molecular weight excluding hydrogens is 293 g/mol. The van der Waals surface area contributed by atoms with Crippen molar-refractivity contribution in [2.24, 2.45) is 0 Å². The summed E-state index contributed by atoms with van der Waals surface area (Å²) < 4.78 is 38.0. The number of carbonyl (C=O) groups excluding carboxylic acids is 1. The van der Waals surface area contributed by atoms with Gasteiger partial charge in [-0.15, -0.1) is 0 Å². The zero-order chi connectivity index (χ0) is 16.2. The van der Waals surface area contributed by atoms with Gasteiger partial charge in [0, 0.05) is 19.3 Å². The fourth-order valence-electron chi connectivity index (χ4n) is 1.93. The zero-order valence-corrected chi connectivity index (χ0v) is 11.9. The fraction of sp³-hybridized carbons (Fsp3) is 0.188. The molecule has 0 aliphatic carbocycles. The maximum absolute atomic E-state index is 12.7. The summed E-state index contributed by atoms with van der Waals surface area (Å²) in [4.78, 5) is 13.3. The van der Waals surface area contributed by atoms with E-state index < -0.39 is 11.7 Å². The Morgan fingerprint density at radius 1 is 1.09 bits per heavy atom. The second-order valence-electron chi connectivity index (χ2n) is 4.85. The van der Waals surface area contributed by atoms with E-state index in [1.54, 1.807) is 30.3 Å². The van der Waals surface area contributed by atoms with Crippen molar-refractivity contribution in [3.05, 3.63) is 65.7 Å². The van der Waals surface area contributed by atoms with E-state index in [9.17, 15) is 18.0 Å². The van der Waals surface area contributed by atoms with Gasteiger partial charge in [0.1, 0.15) is 0 Å². The fourth-order valence-corrected chi connectivity index (χ4v) is 1.93. The highest BCUT2D eigenvalue weighted by atomic mass is 19.4. The average Bonchev–Trinajstić information content (AvgIpc) is 2.47. The molecule has 0 aliphatic heterocycles. The van der Waals surface area contributed by atoms with Crippen LogP contribution in [0.4, 0.5) is 23.7 Å². The molecule has 0 fully saturated rings. The van der Waals surface area contributed by atoms with Gasteiger partial charge in [-0.3, -0.25) is 0 Å². The number of hydrogen-bond acceptors (Lipinski definition) is 1. The van der Waals surface area contributed by atoms with Crippen LogP contribution in [0.25, 0.3) is 0 Å². The third-order valence-electron chi connectivity index (χ3n) is 3.05. The lowest BCUT2D eigenvalue weighted by Gasteiger charge is -2.18. The summed E-state index contributed by atoms with van der Waals surface area (Å²) in [6.45, 7) is 0.0859. The Balaban J connectivity index is 2.02. The van der Waals surface area contributed by atoms with Gasteiger partial charge in [-0.25, -0.2) is 4.79 Å². The molecule has 2 aromatic carbocycles. The maximum Gasteiger partial charge on any atom is 0.416 e. The molecule has 2 rings (SSSR count). The minimum Gasteiger partial charge on any atom is -0.323 e. The third-order valence-corrected chi connectivity index (χ3v) is 3.05. The highest BCUT2D eigenvalue weighted by molar-refractivity contribution is 5.89. The van der Waals surface area contributed by atoms with E-state index in [4.69, 9.17) is 0 Å². The smallest absolute Gasteiger partial charge is 0.323 e. The molecule has 0 bridgehead atoms. The first-order chi connectivity index (χ1) is 10.4. The number of nitrogens with zero attached hydrogens (tertiary/aromatic N) is 1. The minimum atomic E-state index is -4.39. The molecular formula is C16H15F3N2O. The minimum absolute atomic E-state index is 0.0859. The molecule has 1 N–H and O–H groups in total. The van der Waals surface area contributed by atoms with Crippen LogP contribution in [-0.4, -0.2) is 18.0 Å². The molecule has 2 aromatic rings. The Morgan fingerprint density at radius 3 is 2.41 bits per heavy atom. The lowest BCUT2D eigenvalue weighted by atomic mass is 10.1. The highest BCUT2D eigenvalue weighted by Crippen LogP contribution is 2.29. The predicted molar refractivity (Wildman–Crippen MR) is 78.4 cm³/mol. The summed E-state index contributed by atoms with van der Waals surface area (Å²) in [5.74, 6) is 0. The van der Waals surface area contributed by atoms with Gasteiger partial charge in [0.25, 0.3) is 0 Å². The van der Waals surface area contributed by atoms with Crippen LogP contribution in [0, 0.1) is 0 Å². The number of carbonyl (C=O) groups is 1. The predicted octanol–water partition coefficient (Wildman–Crippen LogP) is 4.37. The number of benzene rings is 2. The van der Waals surface area contributed by atoms with E-state index in [0.717, 1.165) is 12.1 Å². The summed E-state index contributed by atoms with van der Waals surface area (Å²) >= 11 is 0. The molecule has 0 radical (unpaired) electrons. The second kappa shape index (κ2) is 6.51. The first-order valence-electron chi connectivity index (χ1n) is 6.59. The maximum atomic E-state index is 12.7. The number of halogens is 3. The first-order valence-corrected chi connectivity index (χ1v) is 6.59. The molecule has 0 unspecified atom stereocenters. The lowest BCUT2D eigenvalue weighted by molar-refractivity contribution is -0.137. The van der Waals surface area contributed by atoms with Crippen LogP contribution in [0.3, 0.4) is 0 Å². The SMILES string of the molecule is CN(Cc1cccc(C(F)(F)F)c1)C(=O)Nc1ccccc1. The Kier molecular flexibility index (Phi) is 4.70. The van der Waals surface area contributed by atoms with Crippen molar-refractivity contribution in [2.75, 3.05) is 12.4 Å². The van der Waals surface area contributed by atoms with E-state index in [2.05, 4.69) is 5.32 Å². The van der Waals surface area contributed by atoms with Crippen molar-refractivity contribution >= 4 is 11.7 Å².